The molecular formula is C25H21N7OS. The fourth-order valence-electron chi connectivity index (χ4n) is 3.97. The van der Waals surface area contributed by atoms with Crippen LogP contribution in [0.5, 0.6) is 0 Å². The number of H-pyrrole nitrogens is 2. The van der Waals surface area contributed by atoms with E-state index in [0.717, 1.165) is 49.1 Å². The van der Waals surface area contributed by atoms with E-state index < -0.39 is 0 Å². The number of carbonyl (C=O) groups excluding carboxylic acids is 1. The highest BCUT2D eigenvalue weighted by molar-refractivity contribution is 7.16. The van der Waals surface area contributed by atoms with Gasteiger partial charge in [0.05, 0.1) is 17.1 Å². The summed E-state index contributed by atoms with van der Waals surface area (Å²) in [6, 6.07) is 15.9. The van der Waals surface area contributed by atoms with Gasteiger partial charge in [0.15, 0.2) is 5.82 Å². The van der Waals surface area contributed by atoms with E-state index in [9.17, 15) is 4.79 Å². The molecule has 0 fully saturated rings. The number of aromatic nitrogens is 5. The van der Waals surface area contributed by atoms with Gasteiger partial charge in [0.1, 0.15) is 16.3 Å². The number of fused-ring (bicyclic) bond motifs is 3. The molecule has 8 nitrogen and oxygen atoms in total. The minimum absolute atomic E-state index is 0.0699. The molecule has 0 atom stereocenters. The van der Waals surface area contributed by atoms with Crippen molar-refractivity contribution in [1.29, 1.82) is 0 Å². The summed E-state index contributed by atoms with van der Waals surface area (Å²) in [5.41, 5.74) is 4.17. The van der Waals surface area contributed by atoms with Crippen molar-refractivity contribution in [3.8, 4) is 11.4 Å². The zero-order chi connectivity index (χ0) is 23.2. The van der Waals surface area contributed by atoms with Crippen molar-refractivity contribution in [3.05, 3.63) is 65.8 Å². The lowest BCUT2D eigenvalue weighted by Gasteiger charge is -2.09. The van der Waals surface area contributed by atoms with Crippen LogP contribution >= 0.6 is 11.3 Å². The lowest BCUT2D eigenvalue weighted by Crippen LogP contribution is -2.30. The Hall–Kier alpha value is -4.24. The molecule has 9 heteroatoms. The summed E-state index contributed by atoms with van der Waals surface area (Å²) >= 11 is 1.58. The average Bonchev–Trinajstić information content (AvgIpc) is 3.56. The van der Waals surface area contributed by atoms with Crippen molar-refractivity contribution in [2.75, 3.05) is 5.32 Å². The molecule has 0 saturated heterocycles. The van der Waals surface area contributed by atoms with E-state index in [1.54, 1.807) is 17.5 Å². The first-order valence-electron chi connectivity index (χ1n) is 10.9. The number of hydrogen-bond acceptors (Lipinski definition) is 6. The molecule has 0 spiro atoms. The van der Waals surface area contributed by atoms with Crippen LogP contribution in [-0.4, -0.2) is 37.1 Å². The van der Waals surface area contributed by atoms with Crippen LogP contribution in [0.3, 0.4) is 0 Å². The summed E-state index contributed by atoms with van der Waals surface area (Å²) in [4.78, 5) is 26.2. The van der Waals surface area contributed by atoms with Gasteiger partial charge < -0.3 is 15.6 Å². The summed E-state index contributed by atoms with van der Waals surface area (Å²) in [5, 5.41) is 18.4. The SMILES string of the molecule is CC(C)NC(=O)c1cc2ccc(-c3nc(Nc4ccc5[nH]ncc5c4)c4ccsc4n3)cc2[nH]1. The van der Waals surface area contributed by atoms with E-state index >= 15 is 0 Å². The molecule has 0 aliphatic rings. The Balaban J connectivity index is 1.39. The van der Waals surface area contributed by atoms with Crippen molar-refractivity contribution in [3.63, 3.8) is 0 Å². The average molecular weight is 468 g/mol. The minimum Gasteiger partial charge on any atom is -0.351 e. The largest absolute Gasteiger partial charge is 0.351 e. The van der Waals surface area contributed by atoms with Crippen molar-refractivity contribution in [1.82, 2.24) is 30.5 Å². The summed E-state index contributed by atoms with van der Waals surface area (Å²) in [7, 11) is 0. The van der Waals surface area contributed by atoms with Gasteiger partial charge in [0.25, 0.3) is 5.91 Å². The quantitative estimate of drug-likeness (QED) is 0.264. The maximum Gasteiger partial charge on any atom is 0.267 e. The van der Waals surface area contributed by atoms with Gasteiger partial charge in [-0.25, -0.2) is 9.97 Å². The fourth-order valence-corrected chi connectivity index (χ4v) is 4.73. The van der Waals surface area contributed by atoms with Crippen LogP contribution in [-0.2, 0) is 0 Å². The summed E-state index contributed by atoms with van der Waals surface area (Å²) in [5.74, 6) is 1.24. The molecule has 0 unspecified atom stereocenters. The highest BCUT2D eigenvalue weighted by Gasteiger charge is 2.14. The van der Waals surface area contributed by atoms with Gasteiger partial charge >= 0.3 is 0 Å². The van der Waals surface area contributed by atoms with Crippen LogP contribution in [0.1, 0.15) is 24.3 Å². The normalized spacial score (nSPS) is 11.6. The van der Waals surface area contributed by atoms with Gasteiger partial charge in [-0.15, -0.1) is 11.3 Å². The molecule has 4 heterocycles. The Labute approximate surface area is 198 Å². The smallest absolute Gasteiger partial charge is 0.267 e. The predicted octanol–water partition coefficient (Wildman–Crippen LogP) is 5.60. The van der Waals surface area contributed by atoms with Gasteiger partial charge in [0, 0.05) is 33.6 Å². The van der Waals surface area contributed by atoms with E-state index in [-0.39, 0.29) is 11.9 Å². The molecule has 34 heavy (non-hydrogen) atoms. The van der Waals surface area contributed by atoms with Crippen molar-refractivity contribution < 1.29 is 4.79 Å². The summed E-state index contributed by atoms with van der Waals surface area (Å²) < 4.78 is 0. The van der Waals surface area contributed by atoms with Crippen molar-refractivity contribution in [2.45, 2.75) is 19.9 Å². The fraction of sp³-hybridized carbons (Fsp3) is 0.120. The van der Waals surface area contributed by atoms with Gasteiger partial charge in [0.2, 0.25) is 0 Å². The Kier molecular flexibility index (Phi) is 4.77. The molecule has 0 bridgehead atoms. The Morgan fingerprint density at radius 1 is 1.00 bits per heavy atom. The van der Waals surface area contributed by atoms with E-state index in [0.29, 0.717) is 11.5 Å². The van der Waals surface area contributed by atoms with Gasteiger partial charge in [-0.1, -0.05) is 12.1 Å². The Morgan fingerprint density at radius 3 is 2.79 bits per heavy atom. The molecule has 6 aromatic rings. The highest BCUT2D eigenvalue weighted by atomic mass is 32.1. The summed E-state index contributed by atoms with van der Waals surface area (Å²) in [6.45, 7) is 3.88. The summed E-state index contributed by atoms with van der Waals surface area (Å²) in [6.07, 6.45) is 1.80. The number of hydrogen-bond donors (Lipinski definition) is 4. The molecule has 4 aromatic heterocycles. The highest BCUT2D eigenvalue weighted by Crippen LogP contribution is 2.32. The van der Waals surface area contributed by atoms with E-state index in [2.05, 4.69) is 25.8 Å². The number of benzene rings is 2. The second-order valence-electron chi connectivity index (χ2n) is 8.45. The maximum atomic E-state index is 12.4. The maximum absolute atomic E-state index is 12.4. The molecule has 4 N–H and O–H groups in total. The van der Waals surface area contributed by atoms with Crippen LogP contribution in [0.15, 0.2) is 60.1 Å². The lowest BCUT2D eigenvalue weighted by molar-refractivity contribution is 0.0939. The van der Waals surface area contributed by atoms with Gasteiger partial charge in [-0.05, 0) is 55.6 Å². The molecule has 6 rings (SSSR count). The number of amides is 1. The van der Waals surface area contributed by atoms with Crippen LogP contribution in [0, 0.1) is 0 Å². The van der Waals surface area contributed by atoms with Crippen LogP contribution in [0.2, 0.25) is 0 Å². The minimum atomic E-state index is -0.120. The molecule has 2 aromatic carbocycles. The number of carbonyl (C=O) groups is 1. The third-order valence-electron chi connectivity index (χ3n) is 5.57. The topological polar surface area (TPSA) is 111 Å². The number of thiophene rings is 1. The Morgan fingerprint density at radius 2 is 1.91 bits per heavy atom. The van der Waals surface area contributed by atoms with Gasteiger partial charge in [-0.2, -0.15) is 5.10 Å². The molecule has 0 saturated carbocycles. The predicted molar refractivity (Wildman–Crippen MR) is 137 cm³/mol. The number of aromatic amines is 2. The second-order valence-corrected chi connectivity index (χ2v) is 9.34. The van der Waals surface area contributed by atoms with E-state index in [1.807, 2.05) is 67.8 Å². The van der Waals surface area contributed by atoms with E-state index in [4.69, 9.17) is 9.97 Å². The van der Waals surface area contributed by atoms with Crippen molar-refractivity contribution in [2.24, 2.45) is 0 Å². The zero-order valence-corrected chi connectivity index (χ0v) is 19.3. The lowest BCUT2D eigenvalue weighted by atomic mass is 10.1. The number of nitrogens with zero attached hydrogens (tertiary/aromatic N) is 3. The first-order chi connectivity index (χ1) is 16.5. The van der Waals surface area contributed by atoms with Gasteiger partial charge in [-0.3, -0.25) is 9.89 Å². The standard InChI is InChI=1S/C25H21N7OS/c1-13(2)27-24(33)21-10-14-3-4-15(11-20(14)29-21)22-30-23(18-7-8-34-25(18)31-22)28-17-5-6-19-16(9-17)12-26-32-19/h3-13,29H,1-2H3,(H,26,32)(H,27,33)(H,28,30,31). The number of anilines is 2. The monoisotopic (exact) mass is 467 g/mol. The molecule has 0 aliphatic heterocycles. The molecule has 168 valence electrons. The third kappa shape index (κ3) is 3.65. The first kappa shape index (κ1) is 20.4. The van der Waals surface area contributed by atoms with Crippen LogP contribution < -0.4 is 10.6 Å². The third-order valence-corrected chi connectivity index (χ3v) is 6.38. The molecule has 0 radical (unpaired) electrons. The Bertz CT molecular complexity index is 1680. The second kappa shape index (κ2) is 7.96. The van der Waals surface area contributed by atoms with Crippen LogP contribution in [0.25, 0.3) is 43.4 Å². The number of rotatable bonds is 5. The molecular weight excluding hydrogens is 446 g/mol. The zero-order valence-electron chi connectivity index (χ0n) is 18.5. The number of nitrogens with one attached hydrogen (secondary N) is 4. The molecule has 0 aliphatic carbocycles. The van der Waals surface area contributed by atoms with Crippen molar-refractivity contribution >= 4 is 60.8 Å². The molecule has 1 amide bonds. The van der Waals surface area contributed by atoms with Crippen LogP contribution in [0.4, 0.5) is 11.5 Å². The first-order valence-corrected chi connectivity index (χ1v) is 11.8. The van der Waals surface area contributed by atoms with E-state index in [1.165, 1.54) is 0 Å².